The number of rotatable bonds is 1. The van der Waals surface area contributed by atoms with Crippen LogP contribution in [0.2, 0.25) is 0 Å². The fraction of sp³-hybridized carbons (Fsp3) is 0.889. The molecule has 2 heteroatoms. The summed E-state index contributed by atoms with van der Waals surface area (Å²) in [6.07, 6.45) is 6.49. The van der Waals surface area contributed by atoms with Crippen molar-refractivity contribution < 1.29 is 0 Å². The molecule has 64 valence electrons. The molecule has 0 amide bonds. The molecule has 1 aliphatic heterocycles. The monoisotopic (exact) mass is 171 g/mol. The van der Waals surface area contributed by atoms with Crippen LogP contribution in [0.5, 0.6) is 0 Å². The van der Waals surface area contributed by atoms with Crippen LogP contribution >= 0.6 is 12.2 Å². The standard InChI is InChI=1S/C9H17NS/c1-2-9(11)10-7-5-3-4-6-8-10/h2-8H2,1H3. The molecule has 0 radical (unpaired) electrons. The predicted octanol–water partition coefficient (Wildman–Crippen LogP) is 2.60. The summed E-state index contributed by atoms with van der Waals surface area (Å²) in [7, 11) is 0. The van der Waals surface area contributed by atoms with Gasteiger partial charge in [-0.15, -0.1) is 0 Å². The highest BCUT2D eigenvalue weighted by atomic mass is 32.1. The van der Waals surface area contributed by atoms with E-state index in [1.807, 2.05) is 0 Å². The van der Waals surface area contributed by atoms with E-state index in [1.54, 1.807) is 0 Å². The van der Waals surface area contributed by atoms with Gasteiger partial charge in [-0.05, 0) is 19.3 Å². The van der Waals surface area contributed by atoms with E-state index in [9.17, 15) is 0 Å². The van der Waals surface area contributed by atoms with Crippen molar-refractivity contribution in [3.63, 3.8) is 0 Å². The molecule has 0 spiro atoms. The summed E-state index contributed by atoms with van der Waals surface area (Å²) in [5, 5.41) is 0. The number of thiocarbonyl (C=S) groups is 1. The maximum atomic E-state index is 5.26. The first-order valence-electron chi connectivity index (χ1n) is 4.62. The van der Waals surface area contributed by atoms with Crippen LogP contribution in [0.25, 0.3) is 0 Å². The van der Waals surface area contributed by atoms with Crippen molar-refractivity contribution in [2.24, 2.45) is 0 Å². The van der Waals surface area contributed by atoms with Crippen LogP contribution in [-0.2, 0) is 0 Å². The van der Waals surface area contributed by atoms with Crippen LogP contribution in [0.4, 0.5) is 0 Å². The van der Waals surface area contributed by atoms with E-state index >= 15 is 0 Å². The number of likely N-dealkylation sites (tertiary alicyclic amines) is 1. The molecule has 0 aromatic rings. The lowest BCUT2D eigenvalue weighted by Gasteiger charge is -2.21. The van der Waals surface area contributed by atoms with Crippen molar-refractivity contribution in [2.75, 3.05) is 13.1 Å². The summed E-state index contributed by atoms with van der Waals surface area (Å²) in [5.41, 5.74) is 0. The zero-order chi connectivity index (χ0) is 8.10. The minimum Gasteiger partial charge on any atom is -0.366 e. The quantitative estimate of drug-likeness (QED) is 0.558. The molecule has 11 heavy (non-hydrogen) atoms. The molecule has 1 fully saturated rings. The first kappa shape index (κ1) is 8.98. The van der Waals surface area contributed by atoms with Gasteiger partial charge >= 0.3 is 0 Å². The summed E-state index contributed by atoms with van der Waals surface area (Å²) in [6.45, 7) is 4.55. The van der Waals surface area contributed by atoms with Crippen LogP contribution in [0.15, 0.2) is 0 Å². The first-order valence-corrected chi connectivity index (χ1v) is 5.03. The Morgan fingerprint density at radius 1 is 1.18 bits per heavy atom. The predicted molar refractivity (Wildman–Crippen MR) is 52.9 cm³/mol. The molecule has 1 aliphatic rings. The number of nitrogens with zero attached hydrogens (tertiary/aromatic N) is 1. The van der Waals surface area contributed by atoms with Crippen molar-refractivity contribution in [3.8, 4) is 0 Å². The molecule has 1 rings (SSSR count). The van der Waals surface area contributed by atoms with E-state index in [0.717, 1.165) is 11.4 Å². The molecule has 1 heterocycles. The number of hydrogen-bond acceptors (Lipinski definition) is 1. The van der Waals surface area contributed by atoms with Gasteiger partial charge in [-0.25, -0.2) is 0 Å². The van der Waals surface area contributed by atoms with E-state index in [2.05, 4.69) is 11.8 Å². The molecule has 1 nitrogen and oxygen atoms in total. The second-order valence-corrected chi connectivity index (χ2v) is 3.62. The van der Waals surface area contributed by atoms with Crippen molar-refractivity contribution in [2.45, 2.75) is 39.0 Å². The van der Waals surface area contributed by atoms with Crippen molar-refractivity contribution in [1.82, 2.24) is 4.90 Å². The minimum absolute atomic E-state index is 1.04. The first-order chi connectivity index (χ1) is 5.34. The van der Waals surface area contributed by atoms with E-state index in [-0.39, 0.29) is 0 Å². The van der Waals surface area contributed by atoms with E-state index in [0.29, 0.717) is 0 Å². The molecule has 0 unspecified atom stereocenters. The van der Waals surface area contributed by atoms with E-state index < -0.39 is 0 Å². The van der Waals surface area contributed by atoms with Gasteiger partial charge in [0.2, 0.25) is 0 Å². The van der Waals surface area contributed by atoms with Gasteiger partial charge in [-0.2, -0.15) is 0 Å². The molecule has 0 aromatic carbocycles. The Kier molecular flexibility index (Phi) is 3.84. The molecule has 0 bridgehead atoms. The Morgan fingerprint density at radius 2 is 1.73 bits per heavy atom. The minimum atomic E-state index is 1.04. The summed E-state index contributed by atoms with van der Waals surface area (Å²) in [4.78, 5) is 3.54. The van der Waals surface area contributed by atoms with Crippen LogP contribution in [0.1, 0.15) is 39.0 Å². The molecule has 0 atom stereocenters. The Bertz CT molecular complexity index is 126. The lowest BCUT2D eigenvalue weighted by Crippen LogP contribution is -2.29. The van der Waals surface area contributed by atoms with Gasteiger partial charge in [-0.3, -0.25) is 0 Å². The second kappa shape index (κ2) is 4.70. The SMILES string of the molecule is CCC(=S)N1CCCCCC1. The Hall–Kier alpha value is -0.110. The third-order valence-electron chi connectivity index (χ3n) is 2.26. The maximum Gasteiger partial charge on any atom is 0.0776 e. The zero-order valence-electron chi connectivity index (χ0n) is 7.31. The highest BCUT2D eigenvalue weighted by molar-refractivity contribution is 7.80. The Balaban J connectivity index is 2.36. The number of hydrogen-bond donors (Lipinski definition) is 0. The summed E-state index contributed by atoms with van der Waals surface area (Å²) >= 11 is 5.26. The average molecular weight is 171 g/mol. The fourth-order valence-electron chi connectivity index (χ4n) is 1.54. The van der Waals surface area contributed by atoms with Gasteiger partial charge in [0.15, 0.2) is 0 Å². The van der Waals surface area contributed by atoms with Crippen LogP contribution in [-0.4, -0.2) is 23.0 Å². The molecule has 1 saturated heterocycles. The third kappa shape index (κ3) is 2.78. The van der Waals surface area contributed by atoms with Crippen LogP contribution in [0.3, 0.4) is 0 Å². The van der Waals surface area contributed by atoms with E-state index in [4.69, 9.17) is 12.2 Å². The smallest absolute Gasteiger partial charge is 0.0776 e. The summed E-state index contributed by atoms with van der Waals surface area (Å²) in [6, 6.07) is 0. The molecule has 0 N–H and O–H groups in total. The maximum absolute atomic E-state index is 5.26. The topological polar surface area (TPSA) is 3.24 Å². The molecule has 0 saturated carbocycles. The van der Waals surface area contributed by atoms with Gasteiger partial charge in [0.1, 0.15) is 0 Å². The van der Waals surface area contributed by atoms with Crippen molar-refractivity contribution in [1.29, 1.82) is 0 Å². The highest BCUT2D eigenvalue weighted by Gasteiger charge is 2.09. The highest BCUT2D eigenvalue weighted by Crippen LogP contribution is 2.11. The lowest BCUT2D eigenvalue weighted by atomic mass is 10.2. The zero-order valence-corrected chi connectivity index (χ0v) is 8.12. The molecular weight excluding hydrogens is 154 g/mol. The summed E-state index contributed by atoms with van der Waals surface area (Å²) in [5.74, 6) is 0. The lowest BCUT2D eigenvalue weighted by molar-refractivity contribution is 0.435. The normalized spacial score (nSPS) is 19.5. The second-order valence-electron chi connectivity index (χ2n) is 3.15. The Morgan fingerprint density at radius 3 is 2.18 bits per heavy atom. The van der Waals surface area contributed by atoms with Gasteiger partial charge in [0, 0.05) is 13.1 Å². The van der Waals surface area contributed by atoms with Crippen molar-refractivity contribution >= 4 is 17.2 Å². The summed E-state index contributed by atoms with van der Waals surface area (Å²) < 4.78 is 0. The van der Waals surface area contributed by atoms with Gasteiger partial charge in [-0.1, -0.05) is 32.0 Å². The van der Waals surface area contributed by atoms with E-state index in [1.165, 1.54) is 38.8 Å². The molecular formula is C9H17NS. The molecule has 0 aliphatic carbocycles. The van der Waals surface area contributed by atoms with Crippen LogP contribution < -0.4 is 0 Å². The Labute approximate surface area is 74.8 Å². The van der Waals surface area contributed by atoms with Crippen LogP contribution in [0, 0.1) is 0 Å². The van der Waals surface area contributed by atoms with Gasteiger partial charge in [0.25, 0.3) is 0 Å². The molecule has 0 aromatic heterocycles. The fourth-order valence-corrected chi connectivity index (χ4v) is 1.73. The average Bonchev–Trinajstić information content (AvgIpc) is 2.30. The largest absolute Gasteiger partial charge is 0.366 e. The third-order valence-corrected chi connectivity index (χ3v) is 2.81. The van der Waals surface area contributed by atoms with Gasteiger partial charge in [0.05, 0.1) is 4.99 Å². The van der Waals surface area contributed by atoms with Crippen molar-refractivity contribution in [3.05, 3.63) is 0 Å². The van der Waals surface area contributed by atoms with Gasteiger partial charge < -0.3 is 4.90 Å².